The Morgan fingerprint density at radius 2 is 1.81 bits per heavy atom. The van der Waals surface area contributed by atoms with E-state index in [0.717, 1.165) is 5.56 Å². The highest BCUT2D eigenvalue weighted by Gasteiger charge is 2.23. The quantitative estimate of drug-likeness (QED) is 0.932. The SMILES string of the molecule is COc1ccc(CC(C)(N)c2ccc(C)c(F)c2)cc1F. The van der Waals surface area contributed by atoms with Gasteiger partial charge in [-0.05, 0) is 55.2 Å². The van der Waals surface area contributed by atoms with Gasteiger partial charge in [0.05, 0.1) is 7.11 Å². The average molecular weight is 291 g/mol. The summed E-state index contributed by atoms with van der Waals surface area (Å²) in [6.07, 6.45) is 0.399. The van der Waals surface area contributed by atoms with Crippen molar-refractivity contribution in [3.05, 3.63) is 64.7 Å². The van der Waals surface area contributed by atoms with Crippen LogP contribution in [0.5, 0.6) is 5.75 Å². The van der Waals surface area contributed by atoms with Gasteiger partial charge in [0.25, 0.3) is 0 Å². The Labute approximate surface area is 123 Å². The number of halogens is 2. The number of methoxy groups -OCH3 is 1. The summed E-state index contributed by atoms with van der Waals surface area (Å²) in [4.78, 5) is 0. The van der Waals surface area contributed by atoms with Crippen LogP contribution in [0.3, 0.4) is 0 Å². The lowest BCUT2D eigenvalue weighted by Gasteiger charge is -2.26. The van der Waals surface area contributed by atoms with Crippen LogP contribution >= 0.6 is 0 Å². The second-order valence-corrected chi connectivity index (χ2v) is 5.53. The Morgan fingerprint density at radius 3 is 2.38 bits per heavy atom. The zero-order valence-corrected chi connectivity index (χ0v) is 12.4. The summed E-state index contributed by atoms with van der Waals surface area (Å²) in [5.41, 5.74) is 7.50. The third-order valence-electron chi connectivity index (χ3n) is 3.62. The topological polar surface area (TPSA) is 35.2 Å². The fraction of sp³-hybridized carbons (Fsp3) is 0.294. The van der Waals surface area contributed by atoms with Crippen LogP contribution in [0.4, 0.5) is 8.78 Å². The molecule has 0 spiro atoms. The van der Waals surface area contributed by atoms with E-state index < -0.39 is 11.4 Å². The first kappa shape index (κ1) is 15.4. The molecule has 0 aliphatic carbocycles. The van der Waals surface area contributed by atoms with Gasteiger partial charge < -0.3 is 10.5 Å². The first-order chi connectivity index (χ1) is 9.83. The van der Waals surface area contributed by atoms with Crippen LogP contribution in [0.25, 0.3) is 0 Å². The summed E-state index contributed by atoms with van der Waals surface area (Å²) in [7, 11) is 1.42. The van der Waals surface area contributed by atoms with Gasteiger partial charge in [-0.3, -0.25) is 0 Å². The molecule has 0 radical (unpaired) electrons. The third kappa shape index (κ3) is 3.39. The van der Waals surface area contributed by atoms with Gasteiger partial charge in [0.15, 0.2) is 11.6 Å². The maximum atomic E-state index is 13.7. The average Bonchev–Trinajstić information content (AvgIpc) is 2.41. The van der Waals surface area contributed by atoms with Gasteiger partial charge in [0.2, 0.25) is 0 Å². The van der Waals surface area contributed by atoms with E-state index in [1.54, 1.807) is 38.1 Å². The zero-order valence-electron chi connectivity index (χ0n) is 12.4. The van der Waals surface area contributed by atoms with Crippen molar-refractivity contribution in [3.63, 3.8) is 0 Å². The molecule has 0 amide bonds. The second-order valence-electron chi connectivity index (χ2n) is 5.53. The fourth-order valence-corrected chi connectivity index (χ4v) is 2.29. The van der Waals surface area contributed by atoms with Gasteiger partial charge in [-0.15, -0.1) is 0 Å². The Bertz CT molecular complexity index is 653. The van der Waals surface area contributed by atoms with Crippen LogP contribution in [0.15, 0.2) is 36.4 Å². The summed E-state index contributed by atoms with van der Waals surface area (Å²) in [6.45, 7) is 3.51. The molecule has 2 rings (SSSR count). The Balaban J connectivity index is 2.27. The predicted molar refractivity (Wildman–Crippen MR) is 79.3 cm³/mol. The van der Waals surface area contributed by atoms with Crippen molar-refractivity contribution in [2.75, 3.05) is 7.11 Å². The minimum atomic E-state index is -0.782. The molecule has 2 N–H and O–H groups in total. The number of aryl methyl sites for hydroxylation is 1. The molecule has 4 heteroatoms. The van der Waals surface area contributed by atoms with E-state index >= 15 is 0 Å². The maximum Gasteiger partial charge on any atom is 0.165 e. The number of hydrogen-bond acceptors (Lipinski definition) is 2. The zero-order chi connectivity index (χ0) is 15.6. The molecule has 0 saturated carbocycles. The summed E-state index contributed by atoms with van der Waals surface area (Å²) in [5, 5.41) is 0. The molecule has 0 heterocycles. The maximum absolute atomic E-state index is 13.7. The van der Waals surface area contributed by atoms with E-state index in [2.05, 4.69) is 0 Å². The normalized spacial score (nSPS) is 13.8. The van der Waals surface area contributed by atoms with Gasteiger partial charge >= 0.3 is 0 Å². The third-order valence-corrected chi connectivity index (χ3v) is 3.62. The van der Waals surface area contributed by atoms with Crippen LogP contribution in [0.1, 0.15) is 23.6 Å². The number of ether oxygens (including phenoxy) is 1. The smallest absolute Gasteiger partial charge is 0.165 e. The van der Waals surface area contributed by atoms with Crippen LogP contribution in [0, 0.1) is 18.6 Å². The summed E-state index contributed by atoms with van der Waals surface area (Å²) in [6, 6.07) is 9.67. The minimum Gasteiger partial charge on any atom is -0.494 e. The molecule has 2 aromatic carbocycles. The first-order valence-electron chi connectivity index (χ1n) is 6.71. The van der Waals surface area contributed by atoms with Crippen molar-refractivity contribution in [3.8, 4) is 5.75 Å². The largest absolute Gasteiger partial charge is 0.494 e. The highest BCUT2D eigenvalue weighted by atomic mass is 19.1. The van der Waals surface area contributed by atoms with Crippen LogP contribution in [-0.4, -0.2) is 7.11 Å². The molecular weight excluding hydrogens is 272 g/mol. The lowest BCUT2D eigenvalue weighted by molar-refractivity contribution is 0.385. The van der Waals surface area contributed by atoms with Gasteiger partial charge in [-0.1, -0.05) is 18.2 Å². The van der Waals surface area contributed by atoms with Crippen LogP contribution < -0.4 is 10.5 Å². The Morgan fingerprint density at radius 1 is 1.10 bits per heavy atom. The molecule has 1 atom stereocenters. The number of benzene rings is 2. The molecule has 0 saturated heterocycles. The van der Waals surface area contributed by atoms with Crippen molar-refractivity contribution in [2.24, 2.45) is 5.73 Å². The number of hydrogen-bond donors (Lipinski definition) is 1. The number of rotatable bonds is 4. The molecule has 1 unspecified atom stereocenters. The molecule has 0 aliphatic rings. The molecule has 2 aromatic rings. The lowest BCUT2D eigenvalue weighted by Crippen LogP contribution is -2.35. The molecule has 2 nitrogen and oxygen atoms in total. The summed E-state index contributed by atoms with van der Waals surface area (Å²) >= 11 is 0. The van der Waals surface area contributed by atoms with Crippen LogP contribution in [0.2, 0.25) is 0 Å². The lowest BCUT2D eigenvalue weighted by atomic mass is 9.86. The van der Waals surface area contributed by atoms with Crippen molar-refractivity contribution in [1.82, 2.24) is 0 Å². The minimum absolute atomic E-state index is 0.193. The highest BCUT2D eigenvalue weighted by molar-refractivity contribution is 5.34. The standard InChI is InChI=1S/C17H19F2NO/c1-11-4-6-13(9-14(11)18)17(2,20)10-12-5-7-16(21-3)15(19)8-12/h4-9H,10,20H2,1-3H3. The first-order valence-corrected chi connectivity index (χ1v) is 6.71. The van der Waals surface area contributed by atoms with E-state index in [0.29, 0.717) is 17.5 Å². The Kier molecular flexibility index (Phi) is 4.28. The van der Waals surface area contributed by atoms with Crippen molar-refractivity contribution >= 4 is 0 Å². The Hall–Kier alpha value is -1.94. The number of nitrogens with two attached hydrogens (primary N) is 1. The molecule has 0 aromatic heterocycles. The molecule has 112 valence electrons. The van der Waals surface area contributed by atoms with Crippen molar-refractivity contribution in [2.45, 2.75) is 25.8 Å². The molecular formula is C17H19F2NO. The molecule has 0 bridgehead atoms. The van der Waals surface area contributed by atoms with E-state index in [4.69, 9.17) is 10.5 Å². The van der Waals surface area contributed by atoms with Gasteiger partial charge in [0.1, 0.15) is 5.82 Å². The summed E-state index contributed by atoms with van der Waals surface area (Å²) in [5.74, 6) is -0.523. The van der Waals surface area contributed by atoms with Gasteiger partial charge in [0, 0.05) is 5.54 Å². The highest BCUT2D eigenvalue weighted by Crippen LogP contribution is 2.26. The van der Waals surface area contributed by atoms with Crippen LogP contribution in [-0.2, 0) is 12.0 Å². The van der Waals surface area contributed by atoms with Crippen molar-refractivity contribution in [1.29, 1.82) is 0 Å². The molecule has 21 heavy (non-hydrogen) atoms. The predicted octanol–water partition coefficient (Wildman–Crippen LogP) is 3.70. The van der Waals surface area contributed by atoms with Crippen molar-refractivity contribution < 1.29 is 13.5 Å². The van der Waals surface area contributed by atoms with E-state index in [-0.39, 0.29) is 11.6 Å². The summed E-state index contributed by atoms with van der Waals surface area (Å²) < 4.78 is 32.3. The van der Waals surface area contributed by atoms with E-state index in [1.165, 1.54) is 19.2 Å². The fourth-order valence-electron chi connectivity index (χ4n) is 2.29. The molecule has 0 fully saturated rings. The second kappa shape index (κ2) is 5.82. The van der Waals surface area contributed by atoms with Gasteiger partial charge in [-0.25, -0.2) is 8.78 Å². The van der Waals surface area contributed by atoms with Gasteiger partial charge in [-0.2, -0.15) is 0 Å². The van der Waals surface area contributed by atoms with E-state index in [1.807, 2.05) is 0 Å². The monoisotopic (exact) mass is 291 g/mol. The molecule has 0 aliphatic heterocycles. The van der Waals surface area contributed by atoms with E-state index in [9.17, 15) is 8.78 Å².